The van der Waals surface area contributed by atoms with Gasteiger partial charge in [-0.25, -0.2) is 26.9 Å². The first-order valence-corrected chi connectivity index (χ1v) is 9.15. The van der Waals surface area contributed by atoms with Crippen molar-refractivity contribution in [3.05, 3.63) is 48.0 Å². The third-order valence-electron chi connectivity index (χ3n) is 3.73. The third kappa shape index (κ3) is 4.85. The Balaban J connectivity index is 2.08. The second kappa shape index (κ2) is 7.30. The lowest BCUT2D eigenvalue weighted by Crippen LogP contribution is -2.31. The van der Waals surface area contributed by atoms with E-state index in [0.717, 1.165) is 0 Å². The van der Waals surface area contributed by atoms with Gasteiger partial charge in [0.2, 0.25) is 5.92 Å². The number of amides is 1. The second-order valence-electron chi connectivity index (χ2n) is 5.66. The fourth-order valence-corrected chi connectivity index (χ4v) is 3.36. The molecule has 25 heavy (non-hydrogen) atoms. The van der Waals surface area contributed by atoms with Gasteiger partial charge in [0, 0.05) is 25.6 Å². The fourth-order valence-electron chi connectivity index (χ4n) is 2.16. The quantitative estimate of drug-likeness (QED) is 0.811. The average molecular weight is 371 g/mol. The molecule has 0 fully saturated rings. The number of halogens is 2. The Hall–Kier alpha value is -2.29. The molecule has 2 rings (SSSR count). The van der Waals surface area contributed by atoms with Crippen molar-refractivity contribution in [1.82, 2.24) is 14.3 Å². The molecule has 0 aliphatic heterocycles. The predicted molar refractivity (Wildman–Crippen MR) is 87.9 cm³/mol. The van der Waals surface area contributed by atoms with E-state index >= 15 is 0 Å². The summed E-state index contributed by atoms with van der Waals surface area (Å²) in [6.45, 7) is 2.98. The molecule has 1 N–H and O–H groups in total. The number of sulfonamides is 1. The molecular formula is C16H19F2N3O3S. The summed E-state index contributed by atoms with van der Waals surface area (Å²) in [6.07, 6.45) is 1.81. The number of aromatic nitrogens is 2. The smallest absolute Gasteiger partial charge is 0.285 e. The van der Waals surface area contributed by atoms with Crippen LogP contribution in [0, 0.1) is 6.92 Å². The van der Waals surface area contributed by atoms with Gasteiger partial charge in [0.05, 0.1) is 11.2 Å². The van der Waals surface area contributed by atoms with Gasteiger partial charge in [-0.15, -0.1) is 0 Å². The van der Waals surface area contributed by atoms with E-state index in [1.165, 1.54) is 30.1 Å². The molecule has 0 aliphatic carbocycles. The molecule has 2 aromatic rings. The Kier molecular flexibility index (Phi) is 5.56. The van der Waals surface area contributed by atoms with Crippen molar-refractivity contribution in [3.63, 3.8) is 0 Å². The number of nitrogens with one attached hydrogen (secondary N) is 1. The fraction of sp³-hybridized carbons (Fsp3) is 0.375. The molecule has 1 heterocycles. The summed E-state index contributed by atoms with van der Waals surface area (Å²) < 4.78 is 54.3. The predicted octanol–water partition coefficient (Wildman–Crippen LogP) is 2.75. The lowest BCUT2D eigenvalue weighted by Gasteiger charge is -2.13. The van der Waals surface area contributed by atoms with Crippen LogP contribution >= 0.6 is 0 Å². The number of aryl methyl sites for hydroxylation is 2. The van der Waals surface area contributed by atoms with E-state index in [0.29, 0.717) is 5.56 Å². The molecule has 1 aromatic carbocycles. The van der Waals surface area contributed by atoms with Gasteiger partial charge in [-0.1, -0.05) is 25.1 Å². The number of carbonyl (C=O) groups is 1. The summed E-state index contributed by atoms with van der Waals surface area (Å²) in [5, 5.41) is 0. The zero-order valence-corrected chi connectivity index (χ0v) is 14.7. The highest BCUT2D eigenvalue weighted by Gasteiger charge is 2.26. The number of carbonyl (C=O) groups excluding carboxylic acids is 1. The minimum absolute atomic E-state index is 0.00892. The van der Waals surface area contributed by atoms with Crippen LogP contribution in [-0.2, 0) is 16.6 Å². The number of hydrogen-bond acceptors (Lipinski definition) is 4. The molecule has 1 amide bonds. The Morgan fingerprint density at radius 1 is 1.32 bits per heavy atom. The molecule has 136 valence electrons. The molecule has 9 heteroatoms. The van der Waals surface area contributed by atoms with E-state index in [-0.39, 0.29) is 30.0 Å². The molecule has 0 saturated carbocycles. The molecule has 0 radical (unpaired) electrons. The van der Waals surface area contributed by atoms with Crippen molar-refractivity contribution in [2.24, 2.45) is 0 Å². The van der Waals surface area contributed by atoms with E-state index in [1.54, 1.807) is 25.1 Å². The van der Waals surface area contributed by atoms with Gasteiger partial charge in [-0.2, -0.15) is 0 Å². The van der Waals surface area contributed by atoms with Crippen LogP contribution in [0.4, 0.5) is 8.78 Å². The number of hydrogen-bond donors (Lipinski definition) is 1. The lowest BCUT2D eigenvalue weighted by atomic mass is 10.2. The lowest BCUT2D eigenvalue weighted by molar-refractivity contribution is -0.0152. The SMILES string of the molecule is CCC(F)(F)CCn1cnc(C(=O)NS(=O)(=O)c2ccccc2C)c1. The molecule has 0 saturated heterocycles. The summed E-state index contributed by atoms with van der Waals surface area (Å²) in [6, 6.07) is 6.23. The van der Waals surface area contributed by atoms with Gasteiger partial charge >= 0.3 is 0 Å². The molecular weight excluding hydrogens is 352 g/mol. The Morgan fingerprint density at radius 3 is 2.64 bits per heavy atom. The summed E-state index contributed by atoms with van der Waals surface area (Å²) in [5.74, 6) is -3.70. The molecule has 0 spiro atoms. The van der Waals surface area contributed by atoms with Crippen molar-refractivity contribution in [1.29, 1.82) is 0 Å². The van der Waals surface area contributed by atoms with Gasteiger partial charge in [0.25, 0.3) is 15.9 Å². The van der Waals surface area contributed by atoms with Crippen LogP contribution in [0.15, 0.2) is 41.7 Å². The minimum atomic E-state index is -4.04. The van der Waals surface area contributed by atoms with Gasteiger partial charge < -0.3 is 4.57 Å². The van der Waals surface area contributed by atoms with Crippen LogP contribution in [0.2, 0.25) is 0 Å². The second-order valence-corrected chi connectivity index (χ2v) is 7.31. The third-order valence-corrected chi connectivity index (χ3v) is 5.22. The van der Waals surface area contributed by atoms with Crippen molar-refractivity contribution >= 4 is 15.9 Å². The molecule has 0 bridgehead atoms. The van der Waals surface area contributed by atoms with Crippen LogP contribution < -0.4 is 4.72 Å². The topological polar surface area (TPSA) is 81.1 Å². The van der Waals surface area contributed by atoms with Crippen molar-refractivity contribution in [3.8, 4) is 0 Å². The molecule has 0 atom stereocenters. The van der Waals surface area contributed by atoms with Gasteiger partial charge in [-0.3, -0.25) is 4.79 Å². The van der Waals surface area contributed by atoms with Crippen molar-refractivity contribution in [2.45, 2.75) is 44.1 Å². The molecule has 6 nitrogen and oxygen atoms in total. The van der Waals surface area contributed by atoms with Crippen LogP contribution in [0.25, 0.3) is 0 Å². The van der Waals surface area contributed by atoms with E-state index in [9.17, 15) is 22.0 Å². The first-order chi connectivity index (χ1) is 11.6. The van der Waals surface area contributed by atoms with Gasteiger partial charge in [0.1, 0.15) is 5.69 Å². The minimum Gasteiger partial charge on any atom is -0.336 e. The van der Waals surface area contributed by atoms with Gasteiger partial charge in [-0.05, 0) is 18.6 Å². The van der Waals surface area contributed by atoms with Crippen LogP contribution in [0.5, 0.6) is 0 Å². The van der Waals surface area contributed by atoms with E-state index < -0.39 is 21.9 Å². The standard InChI is InChI=1S/C16H19F2N3O3S/c1-3-16(17,18)8-9-21-10-13(19-11-21)15(22)20-25(23,24)14-7-5-4-6-12(14)2/h4-7,10-11H,3,8-9H2,1-2H3,(H,20,22). The van der Waals surface area contributed by atoms with Crippen molar-refractivity contribution in [2.75, 3.05) is 0 Å². The Bertz CT molecular complexity index is 863. The number of benzene rings is 1. The number of rotatable bonds is 7. The van der Waals surface area contributed by atoms with E-state index in [2.05, 4.69) is 4.98 Å². The summed E-state index contributed by atoms with van der Waals surface area (Å²) in [5.41, 5.74) is 0.340. The summed E-state index contributed by atoms with van der Waals surface area (Å²) in [7, 11) is -4.04. The number of imidazole rings is 1. The Morgan fingerprint density at radius 2 is 2.00 bits per heavy atom. The van der Waals surface area contributed by atoms with Gasteiger partial charge in [0.15, 0.2) is 0 Å². The average Bonchev–Trinajstić information content (AvgIpc) is 3.02. The summed E-state index contributed by atoms with van der Waals surface area (Å²) in [4.78, 5) is 15.9. The molecule has 0 aliphatic rings. The van der Waals surface area contributed by atoms with E-state index in [1.807, 2.05) is 4.72 Å². The largest absolute Gasteiger partial charge is 0.336 e. The first kappa shape index (κ1) is 19.0. The Labute approximate surface area is 144 Å². The first-order valence-electron chi connectivity index (χ1n) is 7.67. The maximum atomic E-state index is 13.3. The number of alkyl halides is 2. The van der Waals surface area contributed by atoms with Crippen molar-refractivity contribution < 1.29 is 22.0 Å². The normalized spacial score (nSPS) is 12.2. The highest BCUT2D eigenvalue weighted by atomic mass is 32.2. The maximum Gasteiger partial charge on any atom is 0.285 e. The zero-order valence-electron chi connectivity index (χ0n) is 13.9. The monoisotopic (exact) mass is 371 g/mol. The molecule has 1 aromatic heterocycles. The van der Waals surface area contributed by atoms with E-state index in [4.69, 9.17) is 0 Å². The molecule has 0 unspecified atom stereocenters. The maximum absolute atomic E-state index is 13.3. The highest BCUT2D eigenvalue weighted by molar-refractivity contribution is 7.90. The number of nitrogens with zero attached hydrogens (tertiary/aromatic N) is 2. The zero-order chi connectivity index (χ0) is 18.7. The van der Waals surface area contributed by atoms with Crippen LogP contribution in [-0.4, -0.2) is 29.8 Å². The van der Waals surface area contributed by atoms with Crippen LogP contribution in [0.3, 0.4) is 0 Å². The summed E-state index contributed by atoms with van der Waals surface area (Å²) >= 11 is 0. The van der Waals surface area contributed by atoms with Crippen LogP contribution in [0.1, 0.15) is 35.8 Å². The highest BCUT2D eigenvalue weighted by Crippen LogP contribution is 2.23.